The van der Waals surface area contributed by atoms with Crippen molar-refractivity contribution in [2.75, 3.05) is 6.54 Å². The predicted molar refractivity (Wildman–Crippen MR) is 119 cm³/mol. The molecule has 1 atom stereocenters. The Hall–Kier alpha value is -2.33. The minimum absolute atomic E-state index is 0.0278. The van der Waals surface area contributed by atoms with E-state index < -0.39 is 6.04 Å². The van der Waals surface area contributed by atoms with E-state index in [9.17, 15) is 9.59 Å². The molecule has 0 radical (unpaired) electrons. The third-order valence-electron chi connectivity index (χ3n) is 4.81. The minimum Gasteiger partial charge on any atom is -0.354 e. The Kier molecular flexibility index (Phi) is 9.72. The summed E-state index contributed by atoms with van der Waals surface area (Å²) in [5.74, 6) is -0.161. The van der Waals surface area contributed by atoms with Gasteiger partial charge in [0.1, 0.15) is 6.04 Å². The lowest BCUT2D eigenvalue weighted by atomic mass is 10.0. The van der Waals surface area contributed by atoms with Crippen molar-refractivity contribution in [1.29, 1.82) is 0 Å². The summed E-state index contributed by atoms with van der Waals surface area (Å²) in [5.41, 5.74) is 1.76. The maximum absolute atomic E-state index is 13.2. The van der Waals surface area contributed by atoms with Crippen LogP contribution in [-0.2, 0) is 16.1 Å². The highest BCUT2D eigenvalue weighted by Gasteiger charge is 2.30. The molecule has 0 saturated heterocycles. The number of carbonyl (C=O) groups is 2. The maximum Gasteiger partial charge on any atom is 0.247 e. The Bertz CT molecular complexity index is 762. The Balaban J connectivity index is 2.32. The second-order valence-corrected chi connectivity index (χ2v) is 7.65. The lowest BCUT2D eigenvalue weighted by Crippen LogP contribution is -2.43. The summed E-state index contributed by atoms with van der Waals surface area (Å²) < 4.78 is 0. The largest absolute Gasteiger partial charge is 0.354 e. The molecule has 0 aliphatic rings. The summed E-state index contributed by atoms with van der Waals surface area (Å²) >= 11 is 6.01. The molecule has 0 saturated carbocycles. The van der Waals surface area contributed by atoms with Crippen LogP contribution >= 0.6 is 11.6 Å². The fraction of sp³-hybridized carbons (Fsp3) is 0.417. The van der Waals surface area contributed by atoms with E-state index in [4.69, 9.17) is 11.6 Å². The SMILES string of the molecule is CCCCCNC(=O)C(c1ccccc1)N(Cc1ccc(Cl)cc1)C(=O)CCC. The highest BCUT2D eigenvalue weighted by molar-refractivity contribution is 6.30. The van der Waals surface area contributed by atoms with Crippen molar-refractivity contribution in [3.05, 3.63) is 70.7 Å². The van der Waals surface area contributed by atoms with Gasteiger partial charge < -0.3 is 10.2 Å². The third kappa shape index (κ3) is 7.21. The van der Waals surface area contributed by atoms with Gasteiger partial charge in [-0.3, -0.25) is 9.59 Å². The zero-order valence-corrected chi connectivity index (χ0v) is 18.1. The van der Waals surface area contributed by atoms with Crippen LogP contribution in [0.25, 0.3) is 0 Å². The summed E-state index contributed by atoms with van der Waals surface area (Å²) in [6.07, 6.45) is 4.23. The molecule has 29 heavy (non-hydrogen) atoms. The van der Waals surface area contributed by atoms with Gasteiger partial charge in [-0.25, -0.2) is 0 Å². The standard InChI is InChI=1S/C24H31ClN2O2/c1-3-5-9-17-26-24(29)23(20-11-7-6-8-12-20)27(22(28)10-4-2)18-19-13-15-21(25)16-14-19/h6-8,11-16,23H,3-5,9-10,17-18H2,1-2H3,(H,26,29). The molecule has 0 bridgehead atoms. The van der Waals surface area contributed by atoms with Crippen molar-refractivity contribution in [1.82, 2.24) is 10.2 Å². The molecule has 2 rings (SSSR count). The summed E-state index contributed by atoms with van der Waals surface area (Å²) in [7, 11) is 0. The van der Waals surface area contributed by atoms with Gasteiger partial charge in [-0.15, -0.1) is 0 Å². The molecule has 0 aliphatic heterocycles. The zero-order chi connectivity index (χ0) is 21.1. The number of carbonyl (C=O) groups excluding carboxylic acids is 2. The van der Waals surface area contributed by atoms with E-state index in [0.29, 0.717) is 24.5 Å². The van der Waals surface area contributed by atoms with Crippen LogP contribution in [0.3, 0.4) is 0 Å². The van der Waals surface area contributed by atoms with Crippen LogP contribution in [0.4, 0.5) is 0 Å². The fourth-order valence-corrected chi connectivity index (χ4v) is 3.38. The van der Waals surface area contributed by atoms with E-state index in [1.807, 2.05) is 61.5 Å². The monoisotopic (exact) mass is 414 g/mol. The van der Waals surface area contributed by atoms with E-state index in [0.717, 1.165) is 36.8 Å². The van der Waals surface area contributed by atoms with Gasteiger partial charge in [0.05, 0.1) is 0 Å². The van der Waals surface area contributed by atoms with Crippen LogP contribution in [0.2, 0.25) is 5.02 Å². The van der Waals surface area contributed by atoms with Gasteiger partial charge in [0.2, 0.25) is 11.8 Å². The normalized spacial score (nSPS) is 11.7. The van der Waals surface area contributed by atoms with E-state index >= 15 is 0 Å². The summed E-state index contributed by atoms with van der Waals surface area (Å²) in [6, 6.07) is 16.3. The predicted octanol–water partition coefficient (Wildman–Crippen LogP) is 5.52. The topological polar surface area (TPSA) is 49.4 Å². The average molecular weight is 415 g/mol. The Labute approximate surface area is 179 Å². The molecule has 4 nitrogen and oxygen atoms in total. The average Bonchev–Trinajstić information content (AvgIpc) is 2.73. The second-order valence-electron chi connectivity index (χ2n) is 7.21. The van der Waals surface area contributed by atoms with E-state index in [1.165, 1.54) is 0 Å². The summed E-state index contributed by atoms with van der Waals surface area (Å²) in [5, 5.41) is 3.68. The number of halogens is 1. The van der Waals surface area contributed by atoms with Crippen LogP contribution in [0.1, 0.15) is 63.1 Å². The summed E-state index contributed by atoms with van der Waals surface area (Å²) in [4.78, 5) is 27.9. The van der Waals surface area contributed by atoms with Gasteiger partial charge in [-0.2, -0.15) is 0 Å². The van der Waals surface area contributed by atoms with Gasteiger partial charge in [0.25, 0.3) is 0 Å². The highest BCUT2D eigenvalue weighted by atomic mass is 35.5. The van der Waals surface area contributed by atoms with Crippen LogP contribution in [-0.4, -0.2) is 23.3 Å². The molecule has 1 unspecified atom stereocenters. The van der Waals surface area contributed by atoms with Crippen molar-refractivity contribution >= 4 is 23.4 Å². The minimum atomic E-state index is -0.660. The Morgan fingerprint density at radius 2 is 1.66 bits per heavy atom. The first-order chi connectivity index (χ1) is 14.1. The van der Waals surface area contributed by atoms with E-state index in [2.05, 4.69) is 12.2 Å². The molecule has 0 fully saturated rings. The van der Waals surface area contributed by atoms with Gasteiger partial charge in [0, 0.05) is 24.5 Å². The molecule has 2 aromatic carbocycles. The number of nitrogens with one attached hydrogen (secondary N) is 1. The van der Waals surface area contributed by atoms with Crippen LogP contribution in [0.15, 0.2) is 54.6 Å². The third-order valence-corrected chi connectivity index (χ3v) is 5.06. The summed E-state index contributed by atoms with van der Waals surface area (Å²) in [6.45, 7) is 5.08. The molecule has 0 spiro atoms. The Morgan fingerprint density at radius 3 is 2.28 bits per heavy atom. The number of benzene rings is 2. The molecule has 0 aliphatic carbocycles. The molecule has 2 amide bonds. The number of nitrogens with zero attached hydrogens (tertiary/aromatic N) is 1. The molecule has 1 N–H and O–H groups in total. The number of rotatable bonds is 11. The molecule has 156 valence electrons. The number of amides is 2. The molecule has 0 aromatic heterocycles. The maximum atomic E-state index is 13.2. The van der Waals surface area contributed by atoms with E-state index in [-0.39, 0.29) is 11.8 Å². The molecular weight excluding hydrogens is 384 g/mol. The lowest BCUT2D eigenvalue weighted by molar-refractivity contribution is -0.141. The van der Waals surface area contributed by atoms with Crippen molar-refractivity contribution in [2.24, 2.45) is 0 Å². The van der Waals surface area contributed by atoms with Gasteiger partial charge in [0.15, 0.2) is 0 Å². The van der Waals surface area contributed by atoms with Crippen molar-refractivity contribution in [3.8, 4) is 0 Å². The first-order valence-corrected chi connectivity index (χ1v) is 10.8. The first kappa shape index (κ1) is 23.0. The molecular formula is C24H31ClN2O2. The van der Waals surface area contributed by atoms with Crippen molar-refractivity contribution < 1.29 is 9.59 Å². The van der Waals surface area contributed by atoms with E-state index in [1.54, 1.807) is 4.90 Å². The van der Waals surface area contributed by atoms with Crippen molar-refractivity contribution in [2.45, 2.75) is 58.5 Å². The fourth-order valence-electron chi connectivity index (χ4n) is 3.26. The quantitative estimate of drug-likeness (QED) is 0.492. The van der Waals surface area contributed by atoms with Gasteiger partial charge in [-0.05, 0) is 36.1 Å². The molecule has 2 aromatic rings. The number of hydrogen-bond donors (Lipinski definition) is 1. The van der Waals surface area contributed by atoms with Crippen LogP contribution < -0.4 is 5.32 Å². The number of unbranched alkanes of at least 4 members (excludes halogenated alkanes) is 2. The zero-order valence-electron chi connectivity index (χ0n) is 17.4. The van der Waals surface area contributed by atoms with Gasteiger partial charge >= 0.3 is 0 Å². The Morgan fingerprint density at radius 1 is 0.966 bits per heavy atom. The smallest absolute Gasteiger partial charge is 0.247 e. The molecule has 5 heteroatoms. The number of hydrogen-bond acceptors (Lipinski definition) is 2. The first-order valence-electron chi connectivity index (χ1n) is 10.4. The lowest BCUT2D eigenvalue weighted by Gasteiger charge is -2.31. The second kappa shape index (κ2) is 12.3. The van der Waals surface area contributed by atoms with Crippen LogP contribution in [0, 0.1) is 0 Å². The van der Waals surface area contributed by atoms with Crippen molar-refractivity contribution in [3.63, 3.8) is 0 Å². The molecule has 0 heterocycles. The van der Waals surface area contributed by atoms with Gasteiger partial charge in [-0.1, -0.05) is 80.8 Å². The highest BCUT2D eigenvalue weighted by Crippen LogP contribution is 2.25. The van der Waals surface area contributed by atoms with Crippen LogP contribution in [0.5, 0.6) is 0 Å².